The Morgan fingerprint density at radius 3 is 2.33 bits per heavy atom. The summed E-state index contributed by atoms with van der Waals surface area (Å²) in [5.74, 6) is -0.473. The lowest BCUT2D eigenvalue weighted by molar-refractivity contribution is -0.0836. The number of halogens is 2. The van der Waals surface area contributed by atoms with Gasteiger partial charge in [0, 0.05) is 19.0 Å². The molecule has 0 aromatic rings. The fourth-order valence-electron chi connectivity index (χ4n) is 4.37. The molecule has 0 aromatic carbocycles. The summed E-state index contributed by atoms with van der Waals surface area (Å²) in [4.78, 5) is 11.1. The van der Waals surface area contributed by atoms with Gasteiger partial charge in [0.2, 0.25) is 11.9 Å². The quantitative estimate of drug-likeness (QED) is 0.607. The van der Waals surface area contributed by atoms with Gasteiger partial charge in [-0.3, -0.25) is 5.32 Å². The van der Waals surface area contributed by atoms with E-state index in [9.17, 15) is 8.78 Å². The smallest absolute Gasteiger partial charge is 0.268 e. The number of rotatable bonds is 6. The van der Waals surface area contributed by atoms with E-state index in [0.717, 1.165) is 45.7 Å². The van der Waals surface area contributed by atoms with Crippen LogP contribution in [0.2, 0.25) is 0 Å². The lowest BCUT2D eigenvalue weighted by atomic mass is 9.79. The highest BCUT2D eigenvalue weighted by Crippen LogP contribution is 2.30. The minimum atomic E-state index is -2.92. The van der Waals surface area contributed by atoms with Crippen molar-refractivity contribution in [2.24, 2.45) is 21.8 Å². The fraction of sp³-hybridized carbons (Fsp3) is 0.905. The summed E-state index contributed by atoms with van der Waals surface area (Å²) in [6.07, 6.45) is 5.66. The standard InChI is InChI=1S/C21H38F2N6O/c1-14(2)15-6-5-7-17(12-15)25-19-26-18(24-16-8-10-29(4)11-9-16)27-20(28-19)30-13-21(3,22)23/h14-17,20H,5-13H2,1-4H3,(H3,24,25,26,27,28). The maximum absolute atomic E-state index is 13.3. The van der Waals surface area contributed by atoms with Gasteiger partial charge in [0.15, 0.2) is 0 Å². The molecule has 2 fully saturated rings. The zero-order chi connectivity index (χ0) is 21.7. The van der Waals surface area contributed by atoms with Gasteiger partial charge in [0.1, 0.15) is 6.61 Å². The van der Waals surface area contributed by atoms with Crippen molar-refractivity contribution in [2.75, 3.05) is 26.7 Å². The van der Waals surface area contributed by atoms with Gasteiger partial charge in [-0.1, -0.05) is 26.7 Å². The molecule has 3 unspecified atom stereocenters. The topological polar surface area (TPSA) is 73.3 Å². The number of aliphatic imine (C=N–C) groups is 2. The molecule has 2 aliphatic heterocycles. The number of likely N-dealkylation sites (tertiary alicyclic amines) is 1. The summed E-state index contributed by atoms with van der Waals surface area (Å²) in [6, 6.07) is 0.605. The third kappa shape index (κ3) is 7.34. The number of ether oxygens (including phenoxy) is 1. The van der Waals surface area contributed by atoms with Crippen LogP contribution in [0, 0.1) is 11.8 Å². The van der Waals surface area contributed by atoms with E-state index in [-0.39, 0.29) is 0 Å². The summed E-state index contributed by atoms with van der Waals surface area (Å²) >= 11 is 0. The molecular formula is C21H38F2N6O. The normalized spacial score (nSPS) is 29.2. The molecule has 0 amide bonds. The van der Waals surface area contributed by atoms with Crippen molar-refractivity contribution in [3.05, 3.63) is 0 Å². The van der Waals surface area contributed by atoms with E-state index in [1.54, 1.807) is 0 Å². The minimum absolute atomic E-state index is 0.292. The molecular weight excluding hydrogens is 390 g/mol. The van der Waals surface area contributed by atoms with Crippen molar-refractivity contribution in [1.29, 1.82) is 0 Å². The maximum Gasteiger partial charge on any atom is 0.268 e. The fourth-order valence-corrected chi connectivity index (χ4v) is 4.37. The second-order valence-corrected chi connectivity index (χ2v) is 9.52. The van der Waals surface area contributed by atoms with E-state index in [1.165, 1.54) is 12.8 Å². The van der Waals surface area contributed by atoms with Gasteiger partial charge in [-0.2, -0.15) is 9.98 Å². The molecule has 0 aromatic heterocycles. The molecule has 3 atom stereocenters. The maximum atomic E-state index is 13.3. The van der Waals surface area contributed by atoms with Crippen LogP contribution >= 0.6 is 0 Å². The van der Waals surface area contributed by atoms with Crippen LogP contribution in [0.3, 0.4) is 0 Å². The molecule has 1 saturated carbocycles. The largest absolute Gasteiger partial charge is 0.353 e. The van der Waals surface area contributed by atoms with Crippen LogP contribution in [0.4, 0.5) is 8.78 Å². The van der Waals surface area contributed by atoms with Gasteiger partial charge in [0.25, 0.3) is 12.3 Å². The Bertz CT molecular complexity index is 613. The highest BCUT2D eigenvalue weighted by atomic mass is 19.3. The first-order valence-electron chi connectivity index (χ1n) is 11.3. The number of nitrogens with one attached hydrogen (secondary N) is 3. The third-order valence-corrected chi connectivity index (χ3v) is 6.26. The first-order valence-corrected chi connectivity index (χ1v) is 11.3. The molecule has 1 saturated heterocycles. The number of piperidine rings is 1. The number of hydrogen-bond acceptors (Lipinski definition) is 7. The molecule has 3 rings (SSSR count). The van der Waals surface area contributed by atoms with Gasteiger partial charge in [-0.05, 0) is 57.7 Å². The van der Waals surface area contributed by atoms with Crippen LogP contribution in [-0.4, -0.2) is 67.9 Å². The van der Waals surface area contributed by atoms with Crippen molar-refractivity contribution < 1.29 is 13.5 Å². The van der Waals surface area contributed by atoms with E-state index in [4.69, 9.17) is 4.74 Å². The Kier molecular flexibility index (Phi) is 7.90. The predicted octanol–water partition coefficient (Wildman–Crippen LogP) is 2.75. The second kappa shape index (κ2) is 10.2. The van der Waals surface area contributed by atoms with Gasteiger partial charge >= 0.3 is 0 Å². The Morgan fingerprint density at radius 1 is 1.10 bits per heavy atom. The van der Waals surface area contributed by atoms with Crippen LogP contribution in [-0.2, 0) is 4.74 Å². The summed E-state index contributed by atoms with van der Waals surface area (Å²) in [5, 5.41) is 10.1. The van der Waals surface area contributed by atoms with Crippen molar-refractivity contribution in [1.82, 2.24) is 20.9 Å². The SMILES string of the molecule is CC(C)C1CCCC(NC2=NC(OCC(C)(F)F)N=C(NC3CCN(C)CC3)N2)C1. The monoisotopic (exact) mass is 428 g/mol. The number of alkyl halides is 2. The zero-order valence-corrected chi connectivity index (χ0v) is 18.8. The van der Waals surface area contributed by atoms with Crippen LogP contribution in [0.25, 0.3) is 0 Å². The lowest BCUT2D eigenvalue weighted by Crippen LogP contribution is -2.56. The van der Waals surface area contributed by atoms with Crippen molar-refractivity contribution in [3.8, 4) is 0 Å². The summed E-state index contributed by atoms with van der Waals surface area (Å²) < 4.78 is 31.9. The number of hydrogen-bond donors (Lipinski definition) is 3. The van der Waals surface area contributed by atoms with Crippen LogP contribution in [0.1, 0.15) is 59.3 Å². The molecule has 1 aliphatic carbocycles. The highest BCUT2D eigenvalue weighted by molar-refractivity contribution is 6.00. The molecule has 9 heteroatoms. The predicted molar refractivity (Wildman–Crippen MR) is 116 cm³/mol. The molecule has 0 bridgehead atoms. The second-order valence-electron chi connectivity index (χ2n) is 9.52. The molecule has 3 N–H and O–H groups in total. The van der Waals surface area contributed by atoms with Crippen LogP contribution < -0.4 is 16.0 Å². The van der Waals surface area contributed by atoms with Crippen LogP contribution in [0.5, 0.6) is 0 Å². The van der Waals surface area contributed by atoms with Crippen molar-refractivity contribution in [3.63, 3.8) is 0 Å². The first kappa shape index (κ1) is 23.2. The Balaban J connectivity index is 1.63. The van der Waals surface area contributed by atoms with E-state index < -0.39 is 18.9 Å². The minimum Gasteiger partial charge on any atom is -0.353 e. The molecule has 0 radical (unpaired) electrons. The summed E-state index contributed by atoms with van der Waals surface area (Å²) in [6.45, 7) is 6.71. The number of nitrogens with zero attached hydrogens (tertiary/aromatic N) is 3. The average Bonchev–Trinajstić information content (AvgIpc) is 2.68. The average molecular weight is 429 g/mol. The van der Waals surface area contributed by atoms with E-state index in [2.05, 4.69) is 51.7 Å². The lowest BCUT2D eigenvalue weighted by Gasteiger charge is -2.35. The molecule has 2 heterocycles. The molecule has 0 spiro atoms. The van der Waals surface area contributed by atoms with E-state index >= 15 is 0 Å². The van der Waals surface area contributed by atoms with Crippen molar-refractivity contribution in [2.45, 2.75) is 83.7 Å². The van der Waals surface area contributed by atoms with Gasteiger partial charge in [-0.15, -0.1) is 0 Å². The van der Waals surface area contributed by atoms with E-state index in [0.29, 0.717) is 35.8 Å². The van der Waals surface area contributed by atoms with Gasteiger partial charge in [-0.25, -0.2) is 8.78 Å². The number of guanidine groups is 2. The molecule has 172 valence electrons. The highest BCUT2D eigenvalue weighted by Gasteiger charge is 2.29. The van der Waals surface area contributed by atoms with Gasteiger partial charge in [0.05, 0.1) is 0 Å². The third-order valence-electron chi connectivity index (χ3n) is 6.26. The summed E-state index contributed by atoms with van der Waals surface area (Å²) in [7, 11) is 2.12. The van der Waals surface area contributed by atoms with E-state index in [1.807, 2.05) is 0 Å². The molecule has 7 nitrogen and oxygen atoms in total. The van der Waals surface area contributed by atoms with Crippen LogP contribution in [0.15, 0.2) is 9.98 Å². The Morgan fingerprint density at radius 2 is 1.73 bits per heavy atom. The van der Waals surface area contributed by atoms with Gasteiger partial charge < -0.3 is 20.3 Å². The Hall–Kier alpha value is -1.48. The zero-order valence-electron chi connectivity index (χ0n) is 18.8. The summed E-state index contributed by atoms with van der Waals surface area (Å²) in [5.41, 5.74) is 0. The van der Waals surface area contributed by atoms with Crippen molar-refractivity contribution >= 4 is 11.9 Å². The Labute approximate surface area is 179 Å². The molecule has 30 heavy (non-hydrogen) atoms. The first-order chi connectivity index (χ1) is 14.2. The molecule has 3 aliphatic rings.